The molecule has 2 amide bonds. The Balaban J connectivity index is 2.26. The van der Waals surface area contributed by atoms with Crippen molar-refractivity contribution in [2.24, 2.45) is 0 Å². The van der Waals surface area contributed by atoms with Crippen molar-refractivity contribution >= 4 is 46.3 Å². The van der Waals surface area contributed by atoms with Gasteiger partial charge in [0.25, 0.3) is 5.56 Å². The Bertz CT molecular complexity index is 972. The van der Waals surface area contributed by atoms with Gasteiger partial charge in [0.15, 0.2) is 0 Å². The average molecular weight is 337 g/mol. The summed E-state index contributed by atoms with van der Waals surface area (Å²) in [6.07, 6.45) is 0.773. The monoisotopic (exact) mass is 337 g/mol. The van der Waals surface area contributed by atoms with E-state index in [0.717, 1.165) is 0 Å². The second-order valence-corrected chi connectivity index (χ2v) is 7.41. The van der Waals surface area contributed by atoms with Crippen molar-refractivity contribution in [2.45, 2.75) is 30.4 Å². The van der Waals surface area contributed by atoms with E-state index in [1.54, 1.807) is 42.6 Å². The fraction of sp³-hybridized carbons (Fsp3) is 0.333. The number of phenolic OH excluding ortho intramolecular Hbond substituents is 1. The zero-order valence-electron chi connectivity index (χ0n) is 14.7. The number of aromatic nitrogens is 2. The van der Waals surface area contributed by atoms with Crippen molar-refractivity contribution in [3.63, 3.8) is 0 Å². The highest BCUT2D eigenvalue weighted by atomic mass is 16.3. The molecule has 1 aliphatic heterocycles. The van der Waals surface area contributed by atoms with Crippen molar-refractivity contribution in [2.75, 3.05) is 0 Å². The number of carbonyl (C=O) groups excluding carboxylic acids is 2. The molecule has 126 valence electrons. The number of benzene rings is 1. The highest BCUT2D eigenvalue weighted by Crippen LogP contribution is 2.34. The van der Waals surface area contributed by atoms with E-state index in [2.05, 4.69) is 10.3 Å². The Labute approximate surface area is 147 Å². The molecule has 2 heterocycles. The first kappa shape index (κ1) is 17.3. The molecule has 2 N–H and O–H groups in total. The molecule has 1 saturated heterocycles. The lowest BCUT2D eigenvalue weighted by molar-refractivity contribution is -0.132. The second-order valence-electron chi connectivity index (χ2n) is 7.41. The molecule has 1 atom stereocenters. The van der Waals surface area contributed by atoms with Gasteiger partial charge in [-0.05, 0) is 30.7 Å². The molecule has 2 aromatic rings. The minimum Gasteiger partial charge on any atom is -0.506 e. The number of nitrogens with zero attached hydrogens (tertiary/aromatic N) is 2. The maximum Gasteiger partial charge on any atom is 0.261 e. The van der Waals surface area contributed by atoms with Crippen LogP contribution in [0.4, 0.5) is 0 Å². The summed E-state index contributed by atoms with van der Waals surface area (Å²) in [4.78, 5) is 42.4. The van der Waals surface area contributed by atoms with Crippen LogP contribution in [-0.4, -0.2) is 50.0 Å². The van der Waals surface area contributed by atoms with Crippen LogP contribution < -0.4 is 10.9 Å². The number of para-hydroxylation sites is 1. The Hall–Kier alpha value is -2.51. The largest absolute Gasteiger partial charge is 0.506 e. The number of nitrogens with one attached hydrogen (secondary N) is 1. The number of imide groups is 1. The number of amides is 2. The molecule has 1 aromatic heterocycles. The Morgan fingerprint density at radius 3 is 2.52 bits per heavy atom. The van der Waals surface area contributed by atoms with Crippen molar-refractivity contribution in [3.05, 3.63) is 34.4 Å². The van der Waals surface area contributed by atoms with Gasteiger partial charge in [-0.15, -0.1) is 0 Å². The van der Waals surface area contributed by atoms with E-state index in [-0.39, 0.29) is 22.6 Å². The Morgan fingerprint density at radius 2 is 1.84 bits per heavy atom. The van der Waals surface area contributed by atoms with Crippen LogP contribution in [-0.2, 0) is 15.0 Å². The van der Waals surface area contributed by atoms with Gasteiger partial charge in [0, 0.05) is 0 Å². The van der Waals surface area contributed by atoms with Crippen molar-refractivity contribution in [1.82, 2.24) is 14.9 Å². The molecule has 1 aliphatic rings. The fourth-order valence-electron chi connectivity index (χ4n) is 3.29. The van der Waals surface area contributed by atoms with Crippen LogP contribution in [0.25, 0.3) is 10.9 Å². The summed E-state index contributed by atoms with van der Waals surface area (Å²) < 4.78 is 1.33. The second kappa shape index (κ2) is 5.51. The third-order valence-corrected chi connectivity index (χ3v) is 5.11. The lowest BCUT2D eigenvalue weighted by atomic mass is 9.51. The molecule has 0 spiro atoms. The van der Waals surface area contributed by atoms with Gasteiger partial charge in [-0.3, -0.25) is 24.3 Å². The number of hydrogen-bond donors (Lipinski definition) is 2. The summed E-state index contributed by atoms with van der Waals surface area (Å²) in [7, 11) is 5.18. The Morgan fingerprint density at radius 1 is 1.16 bits per heavy atom. The Kier molecular flexibility index (Phi) is 3.81. The molecule has 7 nitrogen and oxygen atoms in total. The van der Waals surface area contributed by atoms with Crippen LogP contribution in [0.1, 0.15) is 18.7 Å². The van der Waals surface area contributed by atoms with Gasteiger partial charge in [0.1, 0.15) is 40.6 Å². The topological polar surface area (TPSA) is 101 Å². The lowest BCUT2D eigenvalue weighted by Gasteiger charge is -2.30. The van der Waals surface area contributed by atoms with E-state index in [9.17, 15) is 19.5 Å². The van der Waals surface area contributed by atoms with Gasteiger partial charge >= 0.3 is 0 Å². The molecule has 0 radical (unpaired) electrons. The molecule has 0 saturated carbocycles. The van der Waals surface area contributed by atoms with Crippen LogP contribution in [0.3, 0.4) is 0 Å². The van der Waals surface area contributed by atoms with Gasteiger partial charge in [-0.1, -0.05) is 12.5 Å². The summed E-state index contributed by atoms with van der Waals surface area (Å²) in [5.41, 5.74) is -1.45. The first-order chi connectivity index (χ1) is 11.6. The van der Waals surface area contributed by atoms with Crippen LogP contribution in [0.15, 0.2) is 23.0 Å². The number of carbonyl (C=O) groups is 2. The van der Waals surface area contributed by atoms with E-state index in [1.807, 2.05) is 0 Å². The summed E-state index contributed by atoms with van der Waals surface area (Å²) in [5.74, 6) is -0.645. The number of aromatic hydroxyl groups is 1. The normalized spacial score (nSPS) is 23.2. The molecule has 3 rings (SSSR count). The molecule has 0 aliphatic carbocycles. The maximum atomic E-state index is 13.1. The highest BCUT2D eigenvalue weighted by Gasteiger charge is 2.45. The smallest absolute Gasteiger partial charge is 0.261 e. The van der Waals surface area contributed by atoms with Gasteiger partial charge in [-0.2, -0.15) is 0 Å². The summed E-state index contributed by atoms with van der Waals surface area (Å²) >= 11 is 0. The number of aryl methyl sites for hydroxylation is 1. The van der Waals surface area contributed by atoms with E-state index in [0.29, 0.717) is 18.7 Å². The van der Waals surface area contributed by atoms with E-state index >= 15 is 0 Å². The standard InChI is InChI=1S/C15H18B3N3O4/c1-7-19-10-8(3-2-4-9(10)22)11(23)21(7)15(18)6-5-14(16,17)12(24)20-13(15)25/h2-4,22H,5-6,16-18H2,1H3,(H,20,24,25). The average Bonchev–Trinajstić information content (AvgIpc) is 2.60. The maximum absolute atomic E-state index is 13.1. The number of fused-ring (bicyclic) bond motifs is 1. The summed E-state index contributed by atoms with van der Waals surface area (Å²) in [6, 6.07) is 4.58. The van der Waals surface area contributed by atoms with Gasteiger partial charge in [0.05, 0.1) is 10.8 Å². The molecule has 1 unspecified atom stereocenters. The molecule has 25 heavy (non-hydrogen) atoms. The third kappa shape index (κ3) is 2.56. The zero-order chi connectivity index (χ0) is 18.6. The number of phenols is 1. The van der Waals surface area contributed by atoms with Crippen LogP contribution in [0.2, 0.25) is 5.21 Å². The van der Waals surface area contributed by atoms with E-state index in [1.165, 1.54) is 10.6 Å². The molecule has 1 aromatic carbocycles. The molecule has 1 fully saturated rings. The van der Waals surface area contributed by atoms with E-state index in [4.69, 9.17) is 0 Å². The first-order valence-corrected chi connectivity index (χ1v) is 8.16. The third-order valence-electron chi connectivity index (χ3n) is 5.11. The lowest BCUT2D eigenvalue weighted by Crippen LogP contribution is -2.54. The quantitative estimate of drug-likeness (QED) is 0.443. The van der Waals surface area contributed by atoms with E-state index < -0.39 is 22.1 Å². The highest BCUT2D eigenvalue weighted by molar-refractivity contribution is 6.52. The summed E-state index contributed by atoms with van der Waals surface area (Å²) in [6.45, 7) is 1.61. The molecule has 10 heteroatoms. The van der Waals surface area contributed by atoms with Crippen LogP contribution in [0, 0.1) is 6.92 Å². The molecular weight excluding hydrogens is 319 g/mol. The van der Waals surface area contributed by atoms with Crippen molar-refractivity contribution in [1.29, 1.82) is 0 Å². The first-order valence-electron chi connectivity index (χ1n) is 8.16. The van der Waals surface area contributed by atoms with Crippen molar-refractivity contribution in [3.8, 4) is 5.75 Å². The van der Waals surface area contributed by atoms with Crippen molar-refractivity contribution < 1.29 is 14.7 Å². The van der Waals surface area contributed by atoms with Gasteiger partial charge < -0.3 is 5.11 Å². The van der Waals surface area contributed by atoms with Crippen LogP contribution >= 0.6 is 0 Å². The SMILES string of the molecule is BC1(B)CCC(B)(n2c(C)nc3c(O)cccc3c2=O)C(=O)NC1=O. The zero-order valence-corrected chi connectivity index (χ0v) is 14.7. The minimum absolute atomic E-state index is 0.0865. The summed E-state index contributed by atoms with van der Waals surface area (Å²) in [5, 5.41) is 11.9. The number of hydrogen-bond acceptors (Lipinski definition) is 5. The van der Waals surface area contributed by atoms with Gasteiger partial charge in [0.2, 0.25) is 11.8 Å². The van der Waals surface area contributed by atoms with Crippen LogP contribution in [0.5, 0.6) is 5.75 Å². The molecular formula is C15H18B3N3O4. The predicted octanol–water partition coefficient (Wildman–Crippen LogP) is -2.48. The molecule has 0 bridgehead atoms. The fourth-order valence-corrected chi connectivity index (χ4v) is 3.29. The van der Waals surface area contributed by atoms with Gasteiger partial charge in [-0.25, -0.2) is 4.98 Å². The number of rotatable bonds is 1. The minimum atomic E-state index is -1.24. The predicted molar refractivity (Wildman–Crippen MR) is 101 cm³/mol.